The number of pyridine rings is 1. The van der Waals surface area contributed by atoms with E-state index < -0.39 is 0 Å². The van der Waals surface area contributed by atoms with Crippen LogP contribution in [0.3, 0.4) is 0 Å². The van der Waals surface area contributed by atoms with Crippen molar-refractivity contribution in [3.05, 3.63) is 77.1 Å². The van der Waals surface area contributed by atoms with E-state index >= 15 is 0 Å². The van der Waals surface area contributed by atoms with Crippen molar-refractivity contribution in [3.8, 4) is 11.5 Å². The van der Waals surface area contributed by atoms with Crippen LogP contribution in [0.2, 0.25) is 5.02 Å². The van der Waals surface area contributed by atoms with E-state index in [9.17, 15) is 9.59 Å². The Kier molecular flexibility index (Phi) is 5.91. The van der Waals surface area contributed by atoms with Gasteiger partial charge in [-0.2, -0.15) is 0 Å². The molecule has 5 rings (SSSR count). The van der Waals surface area contributed by atoms with Crippen molar-refractivity contribution in [2.75, 3.05) is 10.8 Å². The second-order valence-corrected chi connectivity index (χ2v) is 8.37. The topological polar surface area (TPSA) is 105 Å². The number of hydrogen-bond acceptors (Lipinski definition) is 6. The Balaban J connectivity index is 1.50. The quantitative estimate of drug-likeness (QED) is 0.222. The number of carbonyl (C=O) groups is 2. The van der Waals surface area contributed by atoms with Crippen molar-refractivity contribution in [2.45, 2.75) is 25.9 Å². The number of rotatable bonds is 8. The SMILES string of the molecule is CC(=O)Nc1cnc2[nH]cc(C(=O)c3ccc(Oc4ccccc4)cc3Cl)c2c1NOC1CC1. The number of aromatic nitrogens is 2. The number of benzene rings is 2. The van der Waals surface area contributed by atoms with Crippen molar-refractivity contribution in [1.82, 2.24) is 9.97 Å². The highest BCUT2D eigenvalue weighted by Crippen LogP contribution is 2.36. The molecule has 2 heterocycles. The van der Waals surface area contributed by atoms with Gasteiger partial charge in [0.1, 0.15) is 17.1 Å². The number of ketones is 1. The molecule has 0 saturated heterocycles. The fraction of sp³-hybridized carbons (Fsp3) is 0.160. The number of anilines is 2. The highest BCUT2D eigenvalue weighted by Gasteiger charge is 2.26. The van der Waals surface area contributed by atoms with Crippen LogP contribution in [-0.4, -0.2) is 27.8 Å². The van der Waals surface area contributed by atoms with Crippen LogP contribution in [0.15, 0.2) is 60.9 Å². The van der Waals surface area contributed by atoms with Crippen molar-refractivity contribution in [3.63, 3.8) is 0 Å². The third kappa shape index (κ3) is 4.59. The largest absolute Gasteiger partial charge is 0.457 e. The van der Waals surface area contributed by atoms with E-state index in [0.717, 1.165) is 12.8 Å². The van der Waals surface area contributed by atoms with Crippen LogP contribution in [-0.2, 0) is 9.63 Å². The van der Waals surface area contributed by atoms with E-state index in [0.29, 0.717) is 45.0 Å². The van der Waals surface area contributed by atoms with E-state index in [1.807, 2.05) is 30.3 Å². The molecule has 8 nitrogen and oxygen atoms in total. The van der Waals surface area contributed by atoms with Crippen LogP contribution < -0.4 is 15.5 Å². The summed E-state index contributed by atoms with van der Waals surface area (Å²) in [5.74, 6) is 0.605. The van der Waals surface area contributed by atoms with E-state index in [2.05, 4.69) is 20.8 Å². The monoisotopic (exact) mass is 476 g/mol. The number of aromatic amines is 1. The van der Waals surface area contributed by atoms with Gasteiger partial charge in [0.15, 0.2) is 5.78 Å². The van der Waals surface area contributed by atoms with Gasteiger partial charge >= 0.3 is 0 Å². The second-order valence-electron chi connectivity index (χ2n) is 7.96. The molecule has 2 aromatic carbocycles. The molecule has 9 heteroatoms. The number of hydrogen-bond donors (Lipinski definition) is 3. The van der Waals surface area contributed by atoms with Crippen LogP contribution >= 0.6 is 11.6 Å². The fourth-order valence-corrected chi connectivity index (χ4v) is 3.76. The molecule has 34 heavy (non-hydrogen) atoms. The molecule has 0 unspecified atom stereocenters. The average molecular weight is 477 g/mol. The highest BCUT2D eigenvalue weighted by molar-refractivity contribution is 6.36. The Morgan fingerprint density at radius 3 is 2.59 bits per heavy atom. The normalized spacial score (nSPS) is 13.0. The molecule has 0 radical (unpaired) electrons. The van der Waals surface area contributed by atoms with Gasteiger partial charge in [0.25, 0.3) is 0 Å². The van der Waals surface area contributed by atoms with Crippen LogP contribution in [0.1, 0.15) is 35.7 Å². The number of carbonyl (C=O) groups excluding carboxylic acids is 2. The van der Waals surface area contributed by atoms with Crippen molar-refractivity contribution in [2.24, 2.45) is 0 Å². The standard InChI is InChI=1S/C25H21ClN4O4/c1-14(31)29-21-13-28-25-22(23(21)30-34-16-7-8-16)19(12-27-25)24(32)18-10-9-17(11-20(18)26)33-15-5-3-2-4-6-15/h2-6,9-13,16H,7-8H2,1H3,(H,29,31)(H2,27,28,30). The predicted molar refractivity (Wildman–Crippen MR) is 130 cm³/mol. The molecule has 2 aromatic heterocycles. The molecular formula is C25H21ClN4O4. The number of para-hydroxylation sites is 1. The molecule has 0 atom stereocenters. The van der Waals surface area contributed by atoms with Crippen LogP contribution in [0.4, 0.5) is 11.4 Å². The van der Waals surface area contributed by atoms with Gasteiger partial charge in [-0.1, -0.05) is 29.8 Å². The van der Waals surface area contributed by atoms with Crippen molar-refractivity contribution < 1.29 is 19.2 Å². The molecule has 172 valence electrons. The number of nitrogens with zero attached hydrogens (tertiary/aromatic N) is 1. The first-order valence-electron chi connectivity index (χ1n) is 10.8. The minimum atomic E-state index is -0.307. The maximum atomic E-state index is 13.5. The molecular weight excluding hydrogens is 456 g/mol. The molecule has 1 amide bonds. The molecule has 0 spiro atoms. The number of nitrogens with one attached hydrogen (secondary N) is 3. The lowest BCUT2D eigenvalue weighted by Crippen LogP contribution is -2.12. The average Bonchev–Trinajstić information content (AvgIpc) is 3.55. The zero-order valence-electron chi connectivity index (χ0n) is 18.2. The minimum absolute atomic E-state index is 0.0955. The summed E-state index contributed by atoms with van der Waals surface area (Å²) in [6, 6.07) is 14.2. The van der Waals surface area contributed by atoms with Crippen LogP contribution in [0, 0.1) is 0 Å². The molecule has 3 N–H and O–H groups in total. The Hall–Kier alpha value is -3.88. The highest BCUT2D eigenvalue weighted by atomic mass is 35.5. The molecule has 1 saturated carbocycles. The zero-order chi connectivity index (χ0) is 23.7. The van der Waals surface area contributed by atoms with E-state index in [1.165, 1.54) is 13.1 Å². The van der Waals surface area contributed by atoms with Gasteiger partial charge < -0.3 is 15.0 Å². The Bertz CT molecular complexity index is 1380. The van der Waals surface area contributed by atoms with Crippen molar-refractivity contribution >= 4 is 45.7 Å². The summed E-state index contributed by atoms with van der Waals surface area (Å²) in [4.78, 5) is 38.3. The third-order valence-corrected chi connectivity index (χ3v) is 5.59. The fourth-order valence-electron chi connectivity index (χ4n) is 3.51. The van der Waals surface area contributed by atoms with Crippen LogP contribution in [0.5, 0.6) is 11.5 Å². The molecule has 1 aliphatic rings. The van der Waals surface area contributed by atoms with Crippen LogP contribution in [0.25, 0.3) is 11.0 Å². The van der Waals surface area contributed by atoms with Gasteiger partial charge in [-0.05, 0) is 37.1 Å². The van der Waals surface area contributed by atoms with Gasteiger partial charge in [0, 0.05) is 24.8 Å². The van der Waals surface area contributed by atoms with Gasteiger partial charge in [0.05, 0.1) is 39.6 Å². The smallest absolute Gasteiger partial charge is 0.221 e. The molecule has 4 aromatic rings. The summed E-state index contributed by atoms with van der Waals surface area (Å²) >= 11 is 6.49. The number of H-pyrrole nitrogens is 1. The lowest BCUT2D eigenvalue weighted by molar-refractivity contribution is -0.114. The van der Waals surface area contributed by atoms with Gasteiger partial charge in [-0.25, -0.2) is 4.98 Å². The Morgan fingerprint density at radius 1 is 1.09 bits per heavy atom. The van der Waals surface area contributed by atoms with E-state index in [1.54, 1.807) is 24.4 Å². The lowest BCUT2D eigenvalue weighted by atomic mass is 10.0. The molecule has 0 aliphatic heterocycles. The van der Waals surface area contributed by atoms with Gasteiger partial charge in [-0.3, -0.25) is 19.9 Å². The Labute approximate surface area is 200 Å². The molecule has 1 aliphatic carbocycles. The van der Waals surface area contributed by atoms with Gasteiger partial charge in [0.2, 0.25) is 5.91 Å². The number of halogens is 1. The summed E-state index contributed by atoms with van der Waals surface area (Å²) in [6.07, 6.45) is 5.07. The van der Waals surface area contributed by atoms with Crippen molar-refractivity contribution in [1.29, 1.82) is 0 Å². The Morgan fingerprint density at radius 2 is 1.88 bits per heavy atom. The predicted octanol–water partition coefficient (Wildman–Crippen LogP) is 5.70. The lowest BCUT2D eigenvalue weighted by Gasteiger charge is -2.14. The van der Waals surface area contributed by atoms with E-state index in [-0.39, 0.29) is 22.8 Å². The minimum Gasteiger partial charge on any atom is -0.457 e. The summed E-state index contributed by atoms with van der Waals surface area (Å²) < 4.78 is 5.81. The summed E-state index contributed by atoms with van der Waals surface area (Å²) in [7, 11) is 0. The number of fused-ring (bicyclic) bond motifs is 1. The summed E-state index contributed by atoms with van der Waals surface area (Å²) in [6.45, 7) is 1.40. The summed E-state index contributed by atoms with van der Waals surface area (Å²) in [5.41, 5.74) is 4.91. The van der Waals surface area contributed by atoms with Gasteiger partial charge in [-0.15, -0.1) is 0 Å². The molecule has 0 bridgehead atoms. The first-order valence-corrected chi connectivity index (χ1v) is 11.1. The van der Waals surface area contributed by atoms with E-state index in [4.69, 9.17) is 21.2 Å². The second kappa shape index (κ2) is 9.17. The first-order chi connectivity index (χ1) is 16.5. The first kappa shape index (κ1) is 21.9. The number of ether oxygens (including phenoxy) is 1. The number of amides is 1. The zero-order valence-corrected chi connectivity index (χ0v) is 19.0. The summed E-state index contributed by atoms with van der Waals surface area (Å²) in [5, 5.41) is 3.49. The maximum absolute atomic E-state index is 13.5. The maximum Gasteiger partial charge on any atom is 0.221 e. The third-order valence-electron chi connectivity index (χ3n) is 5.27. The molecule has 1 fully saturated rings.